The average Bonchev–Trinajstić information content (AvgIpc) is 3.21. The van der Waals surface area contributed by atoms with Gasteiger partial charge < -0.3 is 10.2 Å². The molecule has 28 heavy (non-hydrogen) atoms. The van der Waals surface area contributed by atoms with E-state index in [1.807, 2.05) is 44.4 Å². The third-order valence-corrected chi connectivity index (χ3v) is 5.19. The Morgan fingerprint density at radius 3 is 2.32 bits per heavy atom. The van der Waals surface area contributed by atoms with Crippen molar-refractivity contribution >= 4 is 11.5 Å². The zero-order chi connectivity index (χ0) is 19.6. The molecule has 0 saturated heterocycles. The van der Waals surface area contributed by atoms with Crippen LogP contribution >= 0.6 is 0 Å². The largest absolute Gasteiger partial charge is 0.378 e. The van der Waals surface area contributed by atoms with Crippen LogP contribution in [0.1, 0.15) is 22.3 Å². The quantitative estimate of drug-likeness (QED) is 0.761. The smallest absolute Gasteiger partial charge is 0.130 e. The van der Waals surface area contributed by atoms with Crippen LogP contribution in [0.2, 0.25) is 0 Å². The molecule has 1 unspecified atom stereocenters. The first kappa shape index (κ1) is 17.8. The normalized spacial score (nSPS) is 18.1. The molecule has 1 N–H and O–H groups in total. The van der Waals surface area contributed by atoms with Crippen LogP contribution in [-0.2, 0) is 5.54 Å². The van der Waals surface area contributed by atoms with Gasteiger partial charge in [0, 0.05) is 31.9 Å². The molecule has 3 aromatic rings. The van der Waals surface area contributed by atoms with Crippen LogP contribution < -0.4 is 10.2 Å². The molecule has 0 aliphatic carbocycles. The monoisotopic (exact) mass is 366 g/mol. The lowest BCUT2D eigenvalue weighted by Crippen LogP contribution is -2.31. The van der Waals surface area contributed by atoms with Crippen LogP contribution in [0.25, 0.3) is 0 Å². The molecule has 1 aliphatic heterocycles. The lowest BCUT2D eigenvalue weighted by Gasteiger charge is -2.27. The molecule has 0 amide bonds. The Morgan fingerprint density at radius 1 is 0.929 bits per heavy atom. The van der Waals surface area contributed by atoms with Crippen LogP contribution in [0, 0.1) is 11.3 Å². The number of nitrogens with zero attached hydrogens (tertiary/aromatic N) is 3. The van der Waals surface area contributed by atoms with Gasteiger partial charge in [-0.2, -0.15) is 5.26 Å². The van der Waals surface area contributed by atoms with Gasteiger partial charge in [-0.05, 0) is 35.4 Å². The third kappa shape index (κ3) is 3.12. The first-order valence-corrected chi connectivity index (χ1v) is 9.30. The topological polar surface area (TPSA) is 51.4 Å². The van der Waals surface area contributed by atoms with Crippen LogP contribution in [0.3, 0.4) is 0 Å². The Bertz CT molecular complexity index is 1050. The van der Waals surface area contributed by atoms with Crippen LogP contribution in [-0.4, -0.2) is 26.5 Å². The SMILES string of the molecule is CN(C)c1ccc(C2(c3ccccc3)CNC(c3cccc(C#N)c3)=N2)cc1. The van der Waals surface area contributed by atoms with Gasteiger partial charge in [0.25, 0.3) is 0 Å². The number of benzene rings is 3. The number of nitrogens with one attached hydrogen (secondary N) is 1. The highest BCUT2D eigenvalue weighted by Gasteiger charge is 2.38. The van der Waals surface area contributed by atoms with E-state index in [9.17, 15) is 5.26 Å². The van der Waals surface area contributed by atoms with Gasteiger partial charge in [0.1, 0.15) is 11.4 Å². The summed E-state index contributed by atoms with van der Waals surface area (Å²) in [7, 11) is 4.08. The van der Waals surface area contributed by atoms with Gasteiger partial charge >= 0.3 is 0 Å². The molecule has 0 saturated carbocycles. The first-order chi connectivity index (χ1) is 13.6. The van der Waals surface area contributed by atoms with E-state index >= 15 is 0 Å². The minimum Gasteiger partial charge on any atom is -0.378 e. The lowest BCUT2D eigenvalue weighted by molar-refractivity contribution is 0.569. The second kappa shape index (κ2) is 7.21. The Kier molecular flexibility index (Phi) is 4.58. The van der Waals surface area contributed by atoms with E-state index in [1.165, 1.54) is 0 Å². The van der Waals surface area contributed by atoms with Gasteiger partial charge in [-0.1, -0.05) is 54.6 Å². The molecule has 0 spiro atoms. The summed E-state index contributed by atoms with van der Waals surface area (Å²) in [5.41, 5.74) is 4.51. The molecular weight excluding hydrogens is 344 g/mol. The molecule has 0 fully saturated rings. The summed E-state index contributed by atoms with van der Waals surface area (Å²) < 4.78 is 0. The van der Waals surface area contributed by atoms with E-state index in [0.29, 0.717) is 12.1 Å². The minimum atomic E-state index is -0.496. The summed E-state index contributed by atoms with van der Waals surface area (Å²) in [5.74, 6) is 0.817. The van der Waals surface area contributed by atoms with Crippen molar-refractivity contribution in [2.45, 2.75) is 5.54 Å². The summed E-state index contributed by atoms with van der Waals surface area (Å²) in [6, 6.07) is 28.7. The number of hydrogen-bond donors (Lipinski definition) is 1. The van der Waals surface area contributed by atoms with Crippen LogP contribution in [0.15, 0.2) is 83.9 Å². The molecule has 4 heteroatoms. The van der Waals surface area contributed by atoms with E-state index in [0.717, 1.165) is 28.2 Å². The average molecular weight is 366 g/mol. The fourth-order valence-corrected chi connectivity index (χ4v) is 3.63. The number of nitriles is 1. The highest BCUT2D eigenvalue weighted by atomic mass is 15.1. The van der Waals surface area contributed by atoms with Crippen molar-refractivity contribution < 1.29 is 0 Å². The zero-order valence-electron chi connectivity index (χ0n) is 16.1. The van der Waals surface area contributed by atoms with E-state index in [1.54, 1.807) is 0 Å². The summed E-state index contributed by atoms with van der Waals surface area (Å²) in [5, 5.41) is 12.7. The summed E-state index contributed by atoms with van der Waals surface area (Å²) in [6.45, 7) is 0.671. The molecule has 1 aliphatic rings. The van der Waals surface area contributed by atoms with E-state index in [-0.39, 0.29) is 0 Å². The van der Waals surface area contributed by atoms with E-state index < -0.39 is 5.54 Å². The number of anilines is 1. The van der Waals surface area contributed by atoms with Gasteiger partial charge in [-0.25, -0.2) is 4.99 Å². The number of rotatable bonds is 4. The van der Waals surface area contributed by atoms with Crippen LogP contribution in [0.5, 0.6) is 0 Å². The van der Waals surface area contributed by atoms with E-state index in [4.69, 9.17) is 4.99 Å². The standard InChI is InChI=1S/C24H22N4/c1-28(2)22-13-11-21(12-14-22)24(20-9-4-3-5-10-20)17-26-23(27-24)19-8-6-7-18(15-19)16-25/h3-15H,17H2,1-2H3,(H,26,27). The van der Waals surface area contributed by atoms with Gasteiger partial charge in [0.15, 0.2) is 0 Å². The van der Waals surface area contributed by atoms with E-state index in [2.05, 4.69) is 64.8 Å². The van der Waals surface area contributed by atoms with Crippen molar-refractivity contribution in [3.05, 3.63) is 101 Å². The fraction of sp³-hybridized carbons (Fsp3) is 0.167. The van der Waals surface area contributed by atoms with Crippen molar-refractivity contribution in [3.8, 4) is 6.07 Å². The highest BCUT2D eigenvalue weighted by molar-refractivity contribution is 6.01. The minimum absolute atomic E-state index is 0.496. The summed E-state index contributed by atoms with van der Waals surface area (Å²) in [4.78, 5) is 7.25. The second-order valence-corrected chi connectivity index (χ2v) is 7.17. The molecule has 138 valence electrons. The predicted octanol–water partition coefficient (Wildman–Crippen LogP) is 3.92. The molecule has 1 heterocycles. The Balaban J connectivity index is 1.83. The van der Waals surface area contributed by atoms with Crippen molar-refractivity contribution in [2.24, 2.45) is 4.99 Å². The Morgan fingerprint density at radius 2 is 1.64 bits per heavy atom. The molecular formula is C24H22N4. The summed E-state index contributed by atoms with van der Waals surface area (Å²) in [6.07, 6.45) is 0. The second-order valence-electron chi connectivity index (χ2n) is 7.17. The zero-order valence-corrected chi connectivity index (χ0v) is 16.1. The highest BCUT2D eigenvalue weighted by Crippen LogP contribution is 2.37. The Labute approximate surface area is 165 Å². The van der Waals surface area contributed by atoms with Crippen molar-refractivity contribution in [1.29, 1.82) is 5.26 Å². The fourth-order valence-electron chi connectivity index (χ4n) is 3.63. The maximum absolute atomic E-state index is 9.22. The number of hydrogen-bond acceptors (Lipinski definition) is 4. The maximum atomic E-state index is 9.22. The van der Waals surface area contributed by atoms with Gasteiger partial charge in [0.05, 0.1) is 11.6 Å². The van der Waals surface area contributed by atoms with Gasteiger partial charge in [0.2, 0.25) is 0 Å². The van der Waals surface area contributed by atoms with Crippen molar-refractivity contribution in [3.63, 3.8) is 0 Å². The number of amidine groups is 1. The molecule has 1 atom stereocenters. The van der Waals surface area contributed by atoms with Crippen molar-refractivity contribution in [2.75, 3.05) is 25.5 Å². The van der Waals surface area contributed by atoms with Gasteiger partial charge in [-0.15, -0.1) is 0 Å². The molecule has 4 nitrogen and oxygen atoms in total. The van der Waals surface area contributed by atoms with Gasteiger partial charge in [-0.3, -0.25) is 0 Å². The predicted molar refractivity (Wildman–Crippen MR) is 114 cm³/mol. The molecule has 0 radical (unpaired) electrons. The first-order valence-electron chi connectivity index (χ1n) is 9.30. The van der Waals surface area contributed by atoms with Crippen molar-refractivity contribution in [1.82, 2.24) is 5.32 Å². The third-order valence-electron chi connectivity index (χ3n) is 5.19. The maximum Gasteiger partial charge on any atom is 0.130 e. The van der Waals surface area contributed by atoms with Crippen LogP contribution in [0.4, 0.5) is 5.69 Å². The number of aliphatic imine (C=N–C) groups is 1. The molecule has 4 rings (SSSR count). The lowest BCUT2D eigenvalue weighted by atomic mass is 9.84. The summed E-state index contributed by atoms with van der Waals surface area (Å²) >= 11 is 0. The Hall–Kier alpha value is -3.58. The molecule has 3 aromatic carbocycles. The molecule has 0 aromatic heterocycles. The molecule has 0 bridgehead atoms.